The van der Waals surface area contributed by atoms with Gasteiger partial charge in [0, 0.05) is 31.7 Å². The number of nitrogens with zero attached hydrogens (tertiary/aromatic N) is 3. The summed E-state index contributed by atoms with van der Waals surface area (Å²) in [5, 5.41) is 8.71. The molecular weight excluding hydrogens is 236 g/mol. The number of benzene rings is 1. The Labute approximate surface area is 112 Å². The Morgan fingerprint density at radius 3 is 2.79 bits per heavy atom. The van der Waals surface area contributed by atoms with E-state index in [9.17, 15) is 0 Å². The highest BCUT2D eigenvalue weighted by atomic mass is 15.3. The lowest BCUT2D eigenvalue weighted by atomic mass is 10.2. The van der Waals surface area contributed by atoms with Gasteiger partial charge in [0.05, 0.1) is 16.9 Å². The Balaban J connectivity index is 1.67. The Kier molecular flexibility index (Phi) is 3.25. The van der Waals surface area contributed by atoms with Gasteiger partial charge in [-0.25, -0.2) is 0 Å². The van der Waals surface area contributed by atoms with Crippen LogP contribution in [0.1, 0.15) is 11.4 Å². The predicted octanol–water partition coefficient (Wildman–Crippen LogP) is 2.26. The van der Waals surface area contributed by atoms with Crippen molar-refractivity contribution in [3.05, 3.63) is 60.0 Å². The van der Waals surface area contributed by atoms with Crippen LogP contribution < -0.4 is 5.32 Å². The first-order valence-electron chi connectivity index (χ1n) is 6.35. The summed E-state index contributed by atoms with van der Waals surface area (Å²) in [7, 11) is 1.95. The normalized spacial score (nSPS) is 11.0. The fourth-order valence-corrected chi connectivity index (χ4v) is 2.10. The maximum absolute atomic E-state index is 4.63. The molecule has 4 heteroatoms. The Morgan fingerprint density at radius 2 is 1.95 bits per heavy atom. The largest absolute Gasteiger partial charge is 0.306 e. The zero-order valence-electron chi connectivity index (χ0n) is 10.9. The van der Waals surface area contributed by atoms with Gasteiger partial charge in [0.15, 0.2) is 0 Å². The Morgan fingerprint density at radius 1 is 1.05 bits per heavy atom. The average molecular weight is 252 g/mol. The summed E-state index contributed by atoms with van der Waals surface area (Å²) >= 11 is 0. The SMILES string of the molecule is Cn1nccc1CNCc1ccc2ccccc2n1. The Hall–Kier alpha value is -2.20. The van der Waals surface area contributed by atoms with Crippen molar-refractivity contribution >= 4 is 10.9 Å². The third-order valence-electron chi connectivity index (χ3n) is 3.19. The first-order valence-corrected chi connectivity index (χ1v) is 6.35. The van der Waals surface area contributed by atoms with Crippen LogP contribution in [0.5, 0.6) is 0 Å². The predicted molar refractivity (Wildman–Crippen MR) is 75.5 cm³/mol. The zero-order chi connectivity index (χ0) is 13.1. The van der Waals surface area contributed by atoms with Crippen LogP contribution in [0, 0.1) is 0 Å². The van der Waals surface area contributed by atoms with Gasteiger partial charge in [-0.05, 0) is 18.2 Å². The number of hydrogen-bond acceptors (Lipinski definition) is 3. The third kappa shape index (κ3) is 2.63. The number of pyridine rings is 1. The molecule has 96 valence electrons. The fraction of sp³-hybridized carbons (Fsp3) is 0.200. The van der Waals surface area contributed by atoms with Crippen molar-refractivity contribution in [2.75, 3.05) is 0 Å². The third-order valence-corrected chi connectivity index (χ3v) is 3.19. The van der Waals surface area contributed by atoms with E-state index in [1.807, 2.05) is 42.2 Å². The summed E-state index contributed by atoms with van der Waals surface area (Å²) in [5.74, 6) is 0. The van der Waals surface area contributed by atoms with E-state index in [1.54, 1.807) is 0 Å². The molecule has 0 amide bonds. The van der Waals surface area contributed by atoms with Crippen LogP contribution in [0.4, 0.5) is 0 Å². The van der Waals surface area contributed by atoms with Gasteiger partial charge in [-0.3, -0.25) is 9.67 Å². The number of aryl methyl sites for hydroxylation is 1. The van der Waals surface area contributed by atoms with E-state index < -0.39 is 0 Å². The number of aromatic nitrogens is 3. The van der Waals surface area contributed by atoms with E-state index in [2.05, 4.69) is 33.6 Å². The smallest absolute Gasteiger partial charge is 0.0705 e. The molecule has 0 aliphatic heterocycles. The summed E-state index contributed by atoms with van der Waals surface area (Å²) in [5.41, 5.74) is 3.27. The van der Waals surface area contributed by atoms with Gasteiger partial charge in [-0.2, -0.15) is 5.10 Å². The monoisotopic (exact) mass is 252 g/mol. The molecule has 0 aliphatic carbocycles. The molecular formula is C15H16N4. The van der Waals surface area contributed by atoms with E-state index in [1.165, 1.54) is 11.1 Å². The van der Waals surface area contributed by atoms with Crippen LogP contribution in [0.3, 0.4) is 0 Å². The highest BCUT2D eigenvalue weighted by Crippen LogP contribution is 2.11. The summed E-state index contributed by atoms with van der Waals surface area (Å²) in [6.07, 6.45) is 1.81. The highest BCUT2D eigenvalue weighted by molar-refractivity contribution is 5.78. The summed E-state index contributed by atoms with van der Waals surface area (Å²) in [6.45, 7) is 1.56. The van der Waals surface area contributed by atoms with Gasteiger partial charge in [0.2, 0.25) is 0 Å². The van der Waals surface area contributed by atoms with E-state index in [0.717, 1.165) is 24.3 Å². The molecule has 0 bridgehead atoms. The molecule has 0 atom stereocenters. The van der Waals surface area contributed by atoms with Crippen molar-refractivity contribution in [2.24, 2.45) is 7.05 Å². The van der Waals surface area contributed by atoms with Gasteiger partial charge in [0.25, 0.3) is 0 Å². The van der Waals surface area contributed by atoms with Crippen LogP contribution in [0.2, 0.25) is 0 Å². The van der Waals surface area contributed by atoms with Crippen LogP contribution >= 0.6 is 0 Å². The molecule has 19 heavy (non-hydrogen) atoms. The van der Waals surface area contributed by atoms with Crippen molar-refractivity contribution in [1.82, 2.24) is 20.1 Å². The minimum absolute atomic E-state index is 0.760. The second kappa shape index (κ2) is 5.20. The van der Waals surface area contributed by atoms with Gasteiger partial charge < -0.3 is 5.32 Å². The second-order valence-electron chi connectivity index (χ2n) is 4.54. The average Bonchev–Trinajstić information content (AvgIpc) is 2.84. The fourth-order valence-electron chi connectivity index (χ4n) is 2.10. The first-order chi connectivity index (χ1) is 9.33. The number of para-hydroxylation sites is 1. The summed E-state index contributed by atoms with van der Waals surface area (Å²) in [6, 6.07) is 14.4. The molecule has 2 aromatic heterocycles. The molecule has 2 heterocycles. The maximum atomic E-state index is 4.63. The van der Waals surface area contributed by atoms with E-state index in [-0.39, 0.29) is 0 Å². The number of nitrogens with one attached hydrogen (secondary N) is 1. The van der Waals surface area contributed by atoms with Crippen LogP contribution in [0.25, 0.3) is 10.9 Å². The summed E-state index contributed by atoms with van der Waals surface area (Å²) in [4.78, 5) is 4.63. The van der Waals surface area contributed by atoms with Gasteiger partial charge in [0.1, 0.15) is 0 Å². The minimum atomic E-state index is 0.760. The van der Waals surface area contributed by atoms with Crippen molar-refractivity contribution in [1.29, 1.82) is 0 Å². The molecule has 1 aromatic carbocycles. The van der Waals surface area contributed by atoms with Crippen molar-refractivity contribution in [2.45, 2.75) is 13.1 Å². The van der Waals surface area contributed by atoms with E-state index in [4.69, 9.17) is 0 Å². The molecule has 3 aromatic rings. The lowest BCUT2D eigenvalue weighted by Gasteiger charge is -2.06. The van der Waals surface area contributed by atoms with Gasteiger partial charge in [-0.15, -0.1) is 0 Å². The topological polar surface area (TPSA) is 42.7 Å². The minimum Gasteiger partial charge on any atom is -0.306 e. The zero-order valence-corrected chi connectivity index (χ0v) is 10.9. The van der Waals surface area contributed by atoms with E-state index in [0.29, 0.717) is 0 Å². The standard InChI is InChI=1S/C15H16N4/c1-19-14(8-9-17-19)11-16-10-13-7-6-12-4-2-3-5-15(12)18-13/h2-9,16H,10-11H2,1H3. The van der Waals surface area contributed by atoms with Crippen LogP contribution in [-0.2, 0) is 20.1 Å². The molecule has 0 spiro atoms. The molecule has 0 radical (unpaired) electrons. The van der Waals surface area contributed by atoms with Crippen LogP contribution in [0.15, 0.2) is 48.7 Å². The lowest BCUT2D eigenvalue weighted by Crippen LogP contribution is -2.16. The van der Waals surface area contributed by atoms with Gasteiger partial charge >= 0.3 is 0 Å². The van der Waals surface area contributed by atoms with Crippen molar-refractivity contribution < 1.29 is 0 Å². The Bertz CT molecular complexity index is 687. The molecule has 0 saturated carbocycles. The molecule has 3 rings (SSSR count). The molecule has 0 aliphatic rings. The van der Waals surface area contributed by atoms with Crippen molar-refractivity contribution in [3.8, 4) is 0 Å². The number of hydrogen-bond donors (Lipinski definition) is 1. The number of rotatable bonds is 4. The number of fused-ring (bicyclic) bond motifs is 1. The maximum Gasteiger partial charge on any atom is 0.0705 e. The second-order valence-corrected chi connectivity index (χ2v) is 4.54. The van der Waals surface area contributed by atoms with Crippen molar-refractivity contribution in [3.63, 3.8) is 0 Å². The molecule has 1 N–H and O–H groups in total. The highest BCUT2D eigenvalue weighted by Gasteiger charge is 2.00. The van der Waals surface area contributed by atoms with E-state index >= 15 is 0 Å². The molecule has 0 fully saturated rings. The molecule has 0 saturated heterocycles. The first kappa shape index (κ1) is 11.9. The lowest BCUT2D eigenvalue weighted by molar-refractivity contribution is 0.621. The molecule has 0 unspecified atom stereocenters. The van der Waals surface area contributed by atoms with Gasteiger partial charge in [-0.1, -0.05) is 24.3 Å². The molecule has 4 nitrogen and oxygen atoms in total. The van der Waals surface area contributed by atoms with Crippen LogP contribution in [-0.4, -0.2) is 14.8 Å². The summed E-state index contributed by atoms with van der Waals surface area (Å²) < 4.78 is 1.88. The quantitative estimate of drug-likeness (QED) is 0.774.